The van der Waals surface area contributed by atoms with Gasteiger partial charge < -0.3 is 10.0 Å². The molecule has 0 saturated carbocycles. The van der Waals surface area contributed by atoms with Crippen LogP contribution >= 0.6 is 35.0 Å². The van der Waals surface area contributed by atoms with E-state index in [1.807, 2.05) is 6.26 Å². The van der Waals surface area contributed by atoms with E-state index in [2.05, 4.69) is 0 Å². The number of aliphatic hydroxyl groups is 1. The fourth-order valence-corrected chi connectivity index (χ4v) is 3.57. The molecule has 20 heavy (non-hydrogen) atoms. The summed E-state index contributed by atoms with van der Waals surface area (Å²) in [6.45, 7) is 2.99. The van der Waals surface area contributed by atoms with E-state index < -0.39 is 6.10 Å². The van der Waals surface area contributed by atoms with E-state index in [-0.39, 0.29) is 11.8 Å². The Morgan fingerprint density at radius 1 is 1.45 bits per heavy atom. The minimum Gasteiger partial charge on any atom is -0.393 e. The Morgan fingerprint density at radius 2 is 2.15 bits per heavy atom. The van der Waals surface area contributed by atoms with E-state index in [1.54, 1.807) is 24.0 Å². The van der Waals surface area contributed by atoms with Gasteiger partial charge in [-0.15, -0.1) is 11.8 Å². The average Bonchev–Trinajstić information content (AvgIpc) is 2.88. The molecule has 0 aromatic heterocycles. The van der Waals surface area contributed by atoms with Crippen LogP contribution in [0.5, 0.6) is 0 Å². The third-order valence-corrected chi connectivity index (χ3v) is 5.18. The molecule has 1 heterocycles. The minimum absolute atomic E-state index is 0.0925. The summed E-state index contributed by atoms with van der Waals surface area (Å²) >= 11 is 13.7. The summed E-state index contributed by atoms with van der Waals surface area (Å²) < 4.78 is 0. The van der Waals surface area contributed by atoms with Gasteiger partial charge in [-0.1, -0.05) is 23.2 Å². The van der Waals surface area contributed by atoms with Gasteiger partial charge in [0.1, 0.15) is 0 Å². The molecule has 1 N–H and O–H groups in total. The lowest BCUT2D eigenvalue weighted by Gasteiger charge is -2.19. The predicted molar refractivity (Wildman–Crippen MR) is 83.9 cm³/mol. The maximum Gasteiger partial charge on any atom is 0.255 e. The molecule has 2 unspecified atom stereocenters. The SMILES string of the molecule is CSc1cc(C(=O)N2CCC(C(C)O)C2)c(Cl)cc1Cl. The molecule has 0 spiro atoms. The predicted octanol–water partition coefficient (Wildman–Crippen LogP) is 3.56. The number of nitrogens with zero attached hydrogens (tertiary/aromatic N) is 1. The zero-order valence-corrected chi connectivity index (χ0v) is 13.7. The van der Waals surface area contributed by atoms with E-state index in [4.69, 9.17) is 23.2 Å². The largest absolute Gasteiger partial charge is 0.393 e. The van der Waals surface area contributed by atoms with Gasteiger partial charge in [-0.05, 0) is 31.7 Å². The van der Waals surface area contributed by atoms with Crippen molar-refractivity contribution in [3.8, 4) is 0 Å². The number of carbonyl (C=O) groups excluding carboxylic acids is 1. The number of thioether (sulfide) groups is 1. The summed E-state index contributed by atoms with van der Waals surface area (Å²) in [7, 11) is 0. The van der Waals surface area contributed by atoms with Gasteiger partial charge in [-0.25, -0.2) is 0 Å². The standard InChI is InChI=1S/C14H17Cl2NO2S/c1-8(18)9-3-4-17(7-9)14(19)10-5-13(20-2)12(16)6-11(10)15/h5-6,8-9,18H,3-4,7H2,1-2H3. The highest BCUT2D eigenvalue weighted by molar-refractivity contribution is 7.98. The number of likely N-dealkylation sites (tertiary alicyclic amines) is 1. The maximum atomic E-state index is 12.5. The summed E-state index contributed by atoms with van der Waals surface area (Å²) in [6.07, 6.45) is 2.34. The molecule has 1 aliphatic rings. The lowest BCUT2D eigenvalue weighted by atomic mass is 10.0. The third-order valence-electron chi connectivity index (χ3n) is 3.67. The quantitative estimate of drug-likeness (QED) is 0.860. The van der Waals surface area contributed by atoms with E-state index in [1.165, 1.54) is 11.8 Å². The molecule has 3 nitrogen and oxygen atoms in total. The van der Waals surface area contributed by atoms with E-state index in [0.717, 1.165) is 11.3 Å². The average molecular weight is 334 g/mol. The van der Waals surface area contributed by atoms with Crippen molar-refractivity contribution in [3.63, 3.8) is 0 Å². The molecule has 1 aromatic carbocycles. The van der Waals surface area contributed by atoms with Gasteiger partial charge >= 0.3 is 0 Å². The topological polar surface area (TPSA) is 40.5 Å². The van der Waals surface area contributed by atoms with Crippen LogP contribution < -0.4 is 0 Å². The van der Waals surface area contributed by atoms with Crippen LogP contribution in [-0.4, -0.2) is 41.4 Å². The number of halogens is 2. The van der Waals surface area contributed by atoms with Crippen molar-refractivity contribution in [3.05, 3.63) is 27.7 Å². The van der Waals surface area contributed by atoms with Gasteiger partial charge in [0.2, 0.25) is 0 Å². The normalized spacial score (nSPS) is 20.2. The fourth-order valence-electron chi connectivity index (χ4n) is 2.39. The van der Waals surface area contributed by atoms with Crippen molar-refractivity contribution in [2.75, 3.05) is 19.3 Å². The second-order valence-electron chi connectivity index (χ2n) is 5.01. The summed E-state index contributed by atoms with van der Waals surface area (Å²) in [5, 5.41) is 10.5. The first kappa shape index (κ1) is 16.0. The number of hydrogen-bond donors (Lipinski definition) is 1. The zero-order chi connectivity index (χ0) is 14.9. The van der Waals surface area contributed by atoms with Crippen LogP contribution in [0.15, 0.2) is 17.0 Å². The summed E-state index contributed by atoms with van der Waals surface area (Å²) in [5.74, 6) is 0.0511. The van der Waals surface area contributed by atoms with Crippen molar-refractivity contribution in [1.29, 1.82) is 0 Å². The van der Waals surface area contributed by atoms with Crippen molar-refractivity contribution < 1.29 is 9.90 Å². The highest BCUT2D eigenvalue weighted by Crippen LogP contribution is 2.32. The van der Waals surface area contributed by atoms with Crippen LogP contribution in [0.1, 0.15) is 23.7 Å². The second-order valence-corrected chi connectivity index (χ2v) is 6.67. The monoisotopic (exact) mass is 333 g/mol. The van der Waals surface area contributed by atoms with Gasteiger partial charge in [0.25, 0.3) is 5.91 Å². The smallest absolute Gasteiger partial charge is 0.255 e. The zero-order valence-electron chi connectivity index (χ0n) is 11.4. The molecular formula is C14H17Cl2NO2S. The Labute approximate surface area is 133 Å². The molecule has 1 amide bonds. The molecule has 1 fully saturated rings. The Morgan fingerprint density at radius 3 is 2.70 bits per heavy atom. The first-order valence-electron chi connectivity index (χ1n) is 6.44. The molecule has 1 aromatic rings. The van der Waals surface area contributed by atoms with Crippen LogP contribution in [-0.2, 0) is 0 Å². The fraction of sp³-hybridized carbons (Fsp3) is 0.500. The Kier molecular flexibility index (Phi) is 5.24. The molecule has 2 rings (SSSR count). The molecule has 0 aliphatic carbocycles. The van der Waals surface area contributed by atoms with Crippen LogP contribution in [0.3, 0.4) is 0 Å². The van der Waals surface area contributed by atoms with E-state index in [9.17, 15) is 9.90 Å². The Hall–Kier alpha value is -0.420. The van der Waals surface area contributed by atoms with Crippen LogP contribution in [0.4, 0.5) is 0 Å². The second kappa shape index (κ2) is 6.56. The first-order chi connectivity index (χ1) is 9.43. The van der Waals surface area contributed by atoms with Gasteiger partial charge in [0.15, 0.2) is 0 Å². The Bertz CT molecular complexity index is 522. The number of aliphatic hydroxyl groups excluding tert-OH is 1. The minimum atomic E-state index is -0.393. The van der Waals surface area contributed by atoms with Gasteiger partial charge in [0, 0.05) is 23.9 Å². The summed E-state index contributed by atoms with van der Waals surface area (Å²) in [6, 6.07) is 3.36. The molecule has 0 radical (unpaired) electrons. The maximum absolute atomic E-state index is 12.5. The number of rotatable bonds is 3. The molecule has 1 aliphatic heterocycles. The van der Waals surface area contributed by atoms with Gasteiger partial charge in [0.05, 0.1) is 21.7 Å². The third kappa shape index (κ3) is 3.25. The van der Waals surface area contributed by atoms with Crippen LogP contribution in [0, 0.1) is 5.92 Å². The number of amides is 1. The molecular weight excluding hydrogens is 317 g/mol. The highest BCUT2D eigenvalue weighted by Gasteiger charge is 2.30. The summed E-state index contributed by atoms with van der Waals surface area (Å²) in [5.41, 5.74) is 0.478. The summed E-state index contributed by atoms with van der Waals surface area (Å²) in [4.78, 5) is 15.1. The van der Waals surface area contributed by atoms with Crippen molar-refractivity contribution in [1.82, 2.24) is 4.90 Å². The number of hydrogen-bond acceptors (Lipinski definition) is 3. The van der Waals surface area contributed by atoms with Gasteiger partial charge in [-0.3, -0.25) is 4.79 Å². The van der Waals surface area contributed by atoms with E-state index >= 15 is 0 Å². The number of carbonyl (C=O) groups is 1. The first-order valence-corrected chi connectivity index (χ1v) is 8.42. The molecule has 2 atom stereocenters. The van der Waals surface area contributed by atoms with Crippen LogP contribution in [0.2, 0.25) is 10.0 Å². The number of benzene rings is 1. The van der Waals surface area contributed by atoms with Crippen molar-refractivity contribution in [2.24, 2.45) is 5.92 Å². The lowest BCUT2D eigenvalue weighted by molar-refractivity contribution is 0.0762. The van der Waals surface area contributed by atoms with Crippen molar-refractivity contribution in [2.45, 2.75) is 24.3 Å². The van der Waals surface area contributed by atoms with E-state index in [0.29, 0.717) is 28.7 Å². The molecule has 1 saturated heterocycles. The Balaban J connectivity index is 2.22. The van der Waals surface area contributed by atoms with Gasteiger partial charge in [-0.2, -0.15) is 0 Å². The molecule has 110 valence electrons. The lowest BCUT2D eigenvalue weighted by Crippen LogP contribution is -2.30. The van der Waals surface area contributed by atoms with Crippen molar-refractivity contribution >= 4 is 40.9 Å². The molecule has 0 bridgehead atoms. The highest BCUT2D eigenvalue weighted by atomic mass is 35.5. The van der Waals surface area contributed by atoms with Crippen LogP contribution in [0.25, 0.3) is 0 Å². The molecule has 6 heteroatoms.